The molecule has 0 radical (unpaired) electrons. The van der Waals surface area contributed by atoms with E-state index in [4.69, 9.17) is 0 Å². The fraction of sp³-hybridized carbons (Fsp3) is 0.667. The van der Waals surface area contributed by atoms with Gasteiger partial charge in [-0.05, 0) is 13.3 Å². The molecule has 5 heteroatoms. The molecular formula is C12H22N4S. The van der Waals surface area contributed by atoms with Crippen molar-refractivity contribution in [3.63, 3.8) is 0 Å². The Hall–Kier alpha value is -1.10. The predicted molar refractivity (Wildman–Crippen MR) is 74.6 cm³/mol. The molecule has 17 heavy (non-hydrogen) atoms. The first-order valence-corrected chi connectivity index (χ1v) is 6.82. The molecule has 1 N–H and O–H groups in total. The molecule has 4 nitrogen and oxygen atoms in total. The van der Waals surface area contributed by atoms with E-state index in [0.717, 1.165) is 24.1 Å². The van der Waals surface area contributed by atoms with Crippen molar-refractivity contribution in [2.24, 2.45) is 4.99 Å². The second kappa shape index (κ2) is 7.27. The maximum atomic E-state index is 4.33. The summed E-state index contributed by atoms with van der Waals surface area (Å²) in [6.45, 7) is 6.06. The van der Waals surface area contributed by atoms with Crippen LogP contribution in [0.1, 0.15) is 29.7 Å². The number of rotatable bonds is 5. The number of guanidine groups is 1. The van der Waals surface area contributed by atoms with Crippen LogP contribution < -0.4 is 5.32 Å². The minimum atomic E-state index is 0.752. The van der Waals surface area contributed by atoms with Gasteiger partial charge in [0.2, 0.25) is 0 Å². The fourth-order valence-corrected chi connectivity index (χ4v) is 2.25. The molecule has 0 fully saturated rings. The molecule has 0 unspecified atom stereocenters. The quantitative estimate of drug-likeness (QED) is 0.647. The van der Waals surface area contributed by atoms with Crippen molar-refractivity contribution in [1.82, 2.24) is 15.2 Å². The molecule has 0 aromatic carbocycles. The van der Waals surface area contributed by atoms with Gasteiger partial charge in [-0.15, -0.1) is 11.3 Å². The third-order valence-electron chi connectivity index (χ3n) is 2.49. The zero-order valence-electron chi connectivity index (χ0n) is 11.2. The third kappa shape index (κ3) is 4.73. The zero-order chi connectivity index (χ0) is 12.7. The SMILES string of the molecule is CCCCN(C)C(=NC)NCc1ncc(C)s1. The summed E-state index contributed by atoms with van der Waals surface area (Å²) in [5.74, 6) is 0.936. The number of aromatic nitrogens is 1. The Kier molecular flexibility index (Phi) is 5.97. The van der Waals surface area contributed by atoms with E-state index in [1.54, 1.807) is 11.3 Å². The summed E-state index contributed by atoms with van der Waals surface area (Å²) in [6, 6.07) is 0. The molecule has 0 amide bonds. The lowest BCUT2D eigenvalue weighted by atomic mass is 10.3. The highest BCUT2D eigenvalue weighted by molar-refractivity contribution is 7.11. The highest BCUT2D eigenvalue weighted by Crippen LogP contribution is 2.10. The molecule has 0 aliphatic rings. The standard InChI is InChI=1S/C12H22N4S/c1-5-6-7-16(4)12(13-3)15-9-11-14-8-10(2)17-11/h8H,5-7,9H2,1-4H3,(H,13,15). The molecule has 96 valence electrons. The van der Waals surface area contributed by atoms with Gasteiger partial charge in [-0.2, -0.15) is 0 Å². The van der Waals surface area contributed by atoms with Gasteiger partial charge in [0, 0.05) is 31.7 Å². The van der Waals surface area contributed by atoms with Crippen molar-refractivity contribution in [2.45, 2.75) is 33.2 Å². The molecule has 0 saturated heterocycles. The summed E-state index contributed by atoms with van der Waals surface area (Å²) in [7, 11) is 3.88. The Bertz CT molecular complexity index is 359. The molecule has 0 spiro atoms. The topological polar surface area (TPSA) is 40.5 Å². The van der Waals surface area contributed by atoms with Crippen LogP contribution in [0.2, 0.25) is 0 Å². The monoisotopic (exact) mass is 254 g/mol. The van der Waals surface area contributed by atoms with Crippen LogP contribution in [0.25, 0.3) is 0 Å². The van der Waals surface area contributed by atoms with E-state index >= 15 is 0 Å². The Morgan fingerprint density at radius 2 is 2.35 bits per heavy atom. The predicted octanol–water partition coefficient (Wildman–Crippen LogP) is 2.26. The van der Waals surface area contributed by atoms with Gasteiger partial charge in [-0.1, -0.05) is 13.3 Å². The lowest BCUT2D eigenvalue weighted by molar-refractivity contribution is 0.464. The molecule has 0 aliphatic carbocycles. The lowest BCUT2D eigenvalue weighted by Gasteiger charge is -2.21. The molecular weight excluding hydrogens is 232 g/mol. The number of hydrogen-bond acceptors (Lipinski definition) is 3. The Labute approximate surface area is 108 Å². The first kappa shape index (κ1) is 14.0. The van der Waals surface area contributed by atoms with Crippen molar-refractivity contribution in [3.05, 3.63) is 16.1 Å². The Balaban J connectivity index is 2.42. The fourth-order valence-electron chi connectivity index (χ4n) is 1.52. The maximum absolute atomic E-state index is 4.33. The Morgan fingerprint density at radius 1 is 1.59 bits per heavy atom. The van der Waals surface area contributed by atoms with E-state index in [2.05, 4.69) is 41.1 Å². The normalized spacial score (nSPS) is 11.6. The second-order valence-corrected chi connectivity index (χ2v) is 5.36. The first-order chi connectivity index (χ1) is 8.17. The average Bonchev–Trinajstić information content (AvgIpc) is 2.73. The number of aliphatic imine (C=N–C) groups is 1. The Morgan fingerprint density at radius 3 is 2.88 bits per heavy atom. The summed E-state index contributed by atoms with van der Waals surface area (Å²) >= 11 is 1.72. The van der Waals surface area contributed by atoms with Gasteiger partial charge in [0.15, 0.2) is 5.96 Å². The van der Waals surface area contributed by atoms with E-state index in [0.29, 0.717) is 0 Å². The van der Waals surface area contributed by atoms with E-state index < -0.39 is 0 Å². The van der Waals surface area contributed by atoms with Crippen molar-refractivity contribution in [3.8, 4) is 0 Å². The summed E-state index contributed by atoms with van der Waals surface area (Å²) in [6.07, 6.45) is 4.30. The van der Waals surface area contributed by atoms with Crippen molar-refractivity contribution in [2.75, 3.05) is 20.6 Å². The number of aryl methyl sites for hydroxylation is 1. The third-order valence-corrected chi connectivity index (χ3v) is 3.40. The summed E-state index contributed by atoms with van der Waals surface area (Å²) in [4.78, 5) is 12.0. The van der Waals surface area contributed by atoms with Gasteiger partial charge in [0.1, 0.15) is 5.01 Å². The van der Waals surface area contributed by atoms with Gasteiger partial charge in [-0.25, -0.2) is 4.98 Å². The van der Waals surface area contributed by atoms with Gasteiger partial charge in [0.05, 0.1) is 6.54 Å². The second-order valence-electron chi connectivity index (χ2n) is 4.04. The largest absolute Gasteiger partial charge is 0.350 e. The van der Waals surface area contributed by atoms with Crippen molar-refractivity contribution in [1.29, 1.82) is 0 Å². The minimum absolute atomic E-state index is 0.752. The van der Waals surface area contributed by atoms with Crippen molar-refractivity contribution < 1.29 is 0 Å². The summed E-state index contributed by atoms with van der Waals surface area (Å²) in [5, 5.41) is 4.44. The van der Waals surface area contributed by atoms with Crippen LogP contribution >= 0.6 is 11.3 Å². The van der Waals surface area contributed by atoms with E-state index in [9.17, 15) is 0 Å². The van der Waals surface area contributed by atoms with E-state index in [1.165, 1.54) is 17.7 Å². The summed E-state index contributed by atoms with van der Waals surface area (Å²) < 4.78 is 0. The molecule has 0 atom stereocenters. The average molecular weight is 254 g/mol. The van der Waals surface area contributed by atoms with E-state index in [-0.39, 0.29) is 0 Å². The van der Waals surface area contributed by atoms with Crippen LogP contribution in [0.3, 0.4) is 0 Å². The highest BCUT2D eigenvalue weighted by atomic mass is 32.1. The van der Waals surface area contributed by atoms with E-state index in [1.807, 2.05) is 13.2 Å². The molecule has 0 bridgehead atoms. The van der Waals surface area contributed by atoms with Crippen LogP contribution in [-0.2, 0) is 6.54 Å². The van der Waals surface area contributed by atoms with Crippen LogP contribution in [0.4, 0.5) is 0 Å². The molecule has 0 saturated carbocycles. The van der Waals surface area contributed by atoms with Gasteiger partial charge in [-0.3, -0.25) is 4.99 Å². The number of nitrogens with one attached hydrogen (secondary N) is 1. The number of thiazole rings is 1. The molecule has 1 rings (SSSR count). The zero-order valence-corrected chi connectivity index (χ0v) is 12.0. The summed E-state index contributed by atoms with van der Waals surface area (Å²) in [5.41, 5.74) is 0. The van der Waals surface area contributed by atoms with Gasteiger partial charge in [0.25, 0.3) is 0 Å². The highest BCUT2D eigenvalue weighted by Gasteiger charge is 2.05. The van der Waals surface area contributed by atoms with Crippen LogP contribution in [0.5, 0.6) is 0 Å². The van der Waals surface area contributed by atoms with Crippen LogP contribution in [-0.4, -0.2) is 36.5 Å². The van der Waals surface area contributed by atoms with Gasteiger partial charge < -0.3 is 10.2 Å². The van der Waals surface area contributed by atoms with Crippen LogP contribution in [0, 0.1) is 6.92 Å². The molecule has 0 aliphatic heterocycles. The van der Waals surface area contributed by atoms with Crippen LogP contribution in [0.15, 0.2) is 11.2 Å². The molecule has 1 aromatic rings. The molecule has 1 aromatic heterocycles. The smallest absolute Gasteiger partial charge is 0.193 e. The maximum Gasteiger partial charge on any atom is 0.193 e. The number of hydrogen-bond donors (Lipinski definition) is 1. The lowest BCUT2D eigenvalue weighted by Crippen LogP contribution is -2.38. The number of unbranched alkanes of at least 4 members (excludes halogenated alkanes) is 1. The van der Waals surface area contributed by atoms with Gasteiger partial charge >= 0.3 is 0 Å². The first-order valence-electron chi connectivity index (χ1n) is 6.00. The number of nitrogens with zero attached hydrogens (tertiary/aromatic N) is 3. The minimum Gasteiger partial charge on any atom is -0.350 e. The van der Waals surface area contributed by atoms with Crippen molar-refractivity contribution >= 4 is 17.3 Å². The molecule has 1 heterocycles.